The maximum Gasteiger partial charge on any atom is 0.246 e. The smallest absolute Gasteiger partial charge is 0.246 e. The van der Waals surface area contributed by atoms with Crippen molar-refractivity contribution in [1.29, 1.82) is 0 Å². The summed E-state index contributed by atoms with van der Waals surface area (Å²) in [6.07, 6.45) is 0.179. The summed E-state index contributed by atoms with van der Waals surface area (Å²) in [5.74, 6) is -9.75. The van der Waals surface area contributed by atoms with Crippen molar-refractivity contribution in [2.24, 2.45) is 23.7 Å². The number of aliphatic hydroxyl groups is 1. The van der Waals surface area contributed by atoms with Crippen LogP contribution in [0.1, 0.15) is 132 Å². The monoisotopic (exact) mass is 1310 g/mol. The van der Waals surface area contributed by atoms with Gasteiger partial charge in [0.2, 0.25) is 70.9 Å². The SMILES string of the molecule is CC(C)C[C@@H]1NC(=O)[C@H](CC(C)C)N(C)C(=O)[C@H](C)N(C)C(=O)[C@@H](C)N(C)C(=O)C[C@@H](C(=O)N2CCCCC2)NC(=O)[C@H]([C@@H](C)O)NC(=O)CN(C)C(=O)[C@H](Cc2ccccc2)NC(=O)[C@H](CC(C)C)N(C)C(=O)[C@H](C(C)C)N(C)C(=O)[C@H](Cc2ccccc2)N(C)C1=O. The first kappa shape index (κ1) is 78.5. The van der Waals surface area contributed by atoms with E-state index in [0.717, 1.165) is 21.1 Å². The summed E-state index contributed by atoms with van der Waals surface area (Å²) in [6, 6.07) is 4.59. The molecule has 2 saturated heterocycles. The highest BCUT2D eigenvalue weighted by Crippen LogP contribution is 2.24. The Bertz CT molecular complexity index is 2940. The van der Waals surface area contributed by atoms with Gasteiger partial charge in [-0.15, -0.1) is 0 Å². The third-order valence-electron chi connectivity index (χ3n) is 18.0. The molecule has 2 heterocycles. The van der Waals surface area contributed by atoms with Crippen molar-refractivity contribution in [2.75, 3.05) is 69.0 Å². The number of hydrogen-bond donors (Lipinski definition) is 5. The fourth-order valence-electron chi connectivity index (χ4n) is 12.1. The van der Waals surface area contributed by atoms with Gasteiger partial charge in [-0.1, -0.05) is 116 Å². The minimum Gasteiger partial charge on any atom is -0.391 e. The molecule has 0 bridgehead atoms. The number of likely N-dealkylation sites (tertiary alicyclic amines) is 1. The largest absolute Gasteiger partial charge is 0.391 e. The second-order valence-corrected chi connectivity index (χ2v) is 27.4. The van der Waals surface area contributed by atoms with E-state index in [1.165, 1.54) is 94.6 Å². The lowest BCUT2D eigenvalue weighted by atomic mass is 9.95. The van der Waals surface area contributed by atoms with Crippen LogP contribution in [0.4, 0.5) is 0 Å². The Morgan fingerprint density at radius 3 is 1.43 bits per heavy atom. The number of carbonyl (C=O) groups excluding carboxylic acids is 12. The van der Waals surface area contributed by atoms with E-state index in [-0.39, 0.29) is 49.9 Å². The lowest BCUT2D eigenvalue weighted by Crippen LogP contribution is -2.62. The average Bonchev–Trinajstić information content (AvgIpc) is 0.835. The summed E-state index contributed by atoms with van der Waals surface area (Å²) in [5.41, 5.74) is 1.32. The third-order valence-corrected chi connectivity index (χ3v) is 18.0. The number of amides is 12. The van der Waals surface area contributed by atoms with E-state index in [4.69, 9.17) is 0 Å². The van der Waals surface area contributed by atoms with Crippen molar-refractivity contribution in [3.8, 4) is 0 Å². The molecule has 25 heteroatoms. The predicted molar refractivity (Wildman–Crippen MR) is 356 cm³/mol. The van der Waals surface area contributed by atoms with Crippen LogP contribution >= 0.6 is 0 Å². The first-order valence-electron chi connectivity index (χ1n) is 33.1. The van der Waals surface area contributed by atoms with Gasteiger partial charge in [0.05, 0.1) is 19.1 Å². The first-order valence-corrected chi connectivity index (χ1v) is 33.1. The molecular formula is C69H108N12O13. The van der Waals surface area contributed by atoms with Crippen LogP contribution in [0.5, 0.6) is 0 Å². The van der Waals surface area contributed by atoms with Crippen LogP contribution in [-0.2, 0) is 70.4 Å². The van der Waals surface area contributed by atoms with E-state index in [0.29, 0.717) is 37.1 Å². The Morgan fingerprint density at radius 2 is 0.936 bits per heavy atom. The lowest BCUT2D eigenvalue weighted by Gasteiger charge is -2.40. The molecule has 25 nitrogen and oxygen atoms in total. The van der Waals surface area contributed by atoms with Gasteiger partial charge in [0.1, 0.15) is 60.4 Å². The summed E-state index contributed by atoms with van der Waals surface area (Å²) in [7, 11) is 9.84. The van der Waals surface area contributed by atoms with E-state index in [2.05, 4.69) is 21.3 Å². The summed E-state index contributed by atoms with van der Waals surface area (Å²) >= 11 is 0. The Labute approximate surface area is 556 Å². The molecule has 94 heavy (non-hydrogen) atoms. The van der Waals surface area contributed by atoms with Crippen molar-refractivity contribution in [3.63, 3.8) is 0 Å². The van der Waals surface area contributed by atoms with E-state index in [1.807, 2.05) is 47.6 Å². The zero-order valence-electron chi connectivity index (χ0n) is 58.8. The molecule has 0 radical (unpaired) electrons. The number of hydrogen-bond acceptors (Lipinski definition) is 13. The van der Waals surface area contributed by atoms with Crippen LogP contribution in [0.15, 0.2) is 60.7 Å². The van der Waals surface area contributed by atoms with Crippen LogP contribution in [0.2, 0.25) is 0 Å². The number of rotatable bonds is 13. The lowest BCUT2D eigenvalue weighted by molar-refractivity contribution is -0.154. The standard InChI is InChI=1S/C69H108N12O13/c1-41(2)34-50-66(91)79(17)55(38-49-30-24-20-25-31-49)68(93)80(18)59(44(7)8)69(94)78(16)54(36-43(5)6)61(86)71-51(37-48-28-22-19-23-29-48)65(90)74(12)40-56(83)73-58(47(11)82)62(87)72-52(67(92)81-32-26-21-27-33-81)39-57(84)75(13)45(9)63(88)76(14)46(10)64(89)77(15)53(35-42(3)4)60(85)70-50/h19-20,22-25,28-31,41-47,50-55,58-59,82H,21,26-27,32-40H2,1-18H3,(H,70,85)(H,71,86)(H,72,87)(H,73,83)/t45-,46+,47-,50+,51+,52+,53+,54+,55+,58+,59+/m1/s1. The highest BCUT2D eigenvalue weighted by molar-refractivity contribution is 6.00. The second kappa shape index (κ2) is 36.1. The van der Waals surface area contributed by atoms with E-state index < -0.39 is 156 Å². The molecule has 2 aromatic rings. The minimum absolute atomic E-state index is 0.00985. The van der Waals surface area contributed by atoms with Crippen molar-refractivity contribution >= 4 is 70.9 Å². The van der Waals surface area contributed by atoms with Gasteiger partial charge in [0, 0.05) is 75.3 Å². The van der Waals surface area contributed by atoms with Gasteiger partial charge in [0.15, 0.2) is 0 Å². The maximum absolute atomic E-state index is 15.4. The number of aliphatic hydroxyl groups excluding tert-OH is 1. The van der Waals surface area contributed by atoms with Gasteiger partial charge in [-0.05, 0) is 94.1 Å². The predicted octanol–water partition coefficient (Wildman–Crippen LogP) is 2.46. The van der Waals surface area contributed by atoms with Crippen molar-refractivity contribution in [1.82, 2.24) is 60.5 Å². The molecule has 0 saturated carbocycles. The van der Waals surface area contributed by atoms with E-state index in [9.17, 15) is 48.3 Å². The number of carbonyl (C=O) groups is 12. The van der Waals surface area contributed by atoms with Crippen molar-refractivity contribution in [3.05, 3.63) is 71.8 Å². The van der Waals surface area contributed by atoms with Crippen LogP contribution in [0.25, 0.3) is 0 Å². The fraction of sp³-hybridized carbons (Fsp3) is 0.652. The molecular weight excluding hydrogens is 1200 g/mol. The number of piperidine rings is 1. The van der Waals surface area contributed by atoms with Crippen LogP contribution in [0.3, 0.4) is 0 Å². The molecule has 2 fully saturated rings. The van der Waals surface area contributed by atoms with E-state index >= 15 is 14.4 Å². The van der Waals surface area contributed by atoms with Gasteiger partial charge in [-0.25, -0.2) is 0 Å². The summed E-state index contributed by atoms with van der Waals surface area (Å²) < 4.78 is 0. The molecule has 522 valence electrons. The van der Waals surface area contributed by atoms with Crippen LogP contribution < -0.4 is 21.3 Å². The minimum atomic E-state index is -1.73. The number of nitrogens with zero attached hydrogens (tertiary/aromatic N) is 8. The molecule has 0 unspecified atom stereocenters. The molecule has 2 aliphatic heterocycles. The molecule has 12 amide bonds. The summed E-state index contributed by atoms with van der Waals surface area (Å²) in [5, 5.41) is 21.9. The zero-order chi connectivity index (χ0) is 70.7. The van der Waals surface area contributed by atoms with E-state index in [1.54, 1.807) is 68.4 Å². The number of nitrogens with one attached hydrogen (secondary N) is 4. The quantitative estimate of drug-likeness (QED) is 0.193. The Hall–Kier alpha value is -7.96. The molecule has 11 atom stereocenters. The Balaban J connectivity index is 1.92. The number of likely N-dealkylation sites (N-methyl/N-ethyl adjacent to an activating group) is 7. The topological polar surface area (TPSA) is 299 Å². The second-order valence-electron chi connectivity index (χ2n) is 27.4. The van der Waals surface area contributed by atoms with Gasteiger partial charge in [-0.2, -0.15) is 0 Å². The molecule has 0 spiro atoms. The highest BCUT2D eigenvalue weighted by atomic mass is 16.3. The van der Waals surface area contributed by atoms with Gasteiger partial charge >= 0.3 is 0 Å². The average molecular weight is 1310 g/mol. The maximum atomic E-state index is 15.4. The fourth-order valence-corrected chi connectivity index (χ4v) is 12.1. The van der Waals surface area contributed by atoms with Crippen LogP contribution in [0, 0.1) is 23.7 Å². The molecule has 0 aromatic heterocycles. The Kier molecular flexibility index (Phi) is 30.1. The normalized spacial score (nSPS) is 25.9. The summed E-state index contributed by atoms with van der Waals surface area (Å²) in [6.45, 7) is 18.8. The molecule has 5 N–H and O–H groups in total. The van der Waals surface area contributed by atoms with Gasteiger partial charge < -0.3 is 65.6 Å². The Morgan fingerprint density at radius 1 is 0.479 bits per heavy atom. The highest BCUT2D eigenvalue weighted by Gasteiger charge is 2.44. The van der Waals surface area contributed by atoms with Crippen molar-refractivity contribution < 1.29 is 62.6 Å². The zero-order valence-corrected chi connectivity index (χ0v) is 58.8. The molecule has 2 aromatic carbocycles. The van der Waals surface area contributed by atoms with Crippen LogP contribution in [-0.4, -0.2) is 251 Å². The summed E-state index contributed by atoms with van der Waals surface area (Å²) in [4.78, 5) is 186. The third kappa shape index (κ3) is 21.5. The number of benzene rings is 2. The molecule has 4 rings (SSSR count). The first-order chi connectivity index (χ1) is 44.0. The van der Waals surface area contributed by atoms with Crippen molar-refractivity contribution in [2.45, 2.75) is 200 Å². The molecule has 2 aliphatic rings. The van der Waals surface area contributed by atoms with Gasteiger partial charge in [0.25, 0.3) is 0 Å². The molecule has 0 aliphatic carbocycles. The van der Waals surface area contributed by atoms with Gasteiger partial charge in [-0.3, -0.25) is 57.5 Å².